The van der Waals surface area contributed by atoms with Crippen LogP contribution in [0.4, 0.5) is 21.0 Å². The van der Waals surface area contributed by atoms with Crippen molar-refractivity contribution in [3.05, 3.63) is 59.7 Å². The molecule has 0 aliphatic heterocycles. The Morgan fingerprint density at radius 2 is 1.40 bits per heavy atom. The van der Waals surface area contributed by atoms with Gasteiger partial charge in [-0.1, -0.05) is 6.07 Å². The van der Waals surface area contributed by atoms with Gasteiger partial charge in [-0.15, -0.1) is 0 Å². The number of hydrogen-bond donors (Lipinski definition) is 2. The molecule has 3 rings (SSSR count). The van der Waals surface area contributed by atoms with Gasteiger partial charge in [-0.2, -0.15) is 19.6 Å². The van der Waals surface area contributed by atoms with E-state index in [2.05, 4.69) is 20.8 Å². The van der Waals surface area contributed by atoms with Crippen LogP contribution in [0.2, 0.25) is 0 Å². The fraction of sp³-hybridized carbons (Fsp3) is 0.176. The second kappa shape index (κ2) is 6.60. The van der Waals surface area contributed by atoms with Crippen LogP contribution in [0.5, 0.6) is 0 Å². The number of carbonyl (C=O) groups excluding carboxylic acids is 2. The average Bonchev–Trinajstić information content (AvgIpc) is 3.19. The van der Waals surface area contributed by atoms with E-state index in [1.54, 1.807) is 43.6 Å². The Hall–Kier alpha value is -3.42. The third-order valence-electron chi connectivity index (χ3n) is 3.59. The third kappa shape index (κ3) is 3.74. The van der Waals surface area contributed by atoms with E-state index in [4.69, 9.17) is 0 Å². The molecule has 0 aliphatic carbocycles. The monoisotopic (exact) mass is 338 g/mol. The number of aryl methyl sites for hydroxylation is 3. The summed E-state index contributed by atoms with van der Waals surface area (Å²) < 4.78 is 2.45. The number of amides is 2. The lowest BCUT2D eigenvalue weighted by atomic mass is 10.2. The first-order valence-electron chi connectivity index (χ1n) is 7.70. The van der Waals surface area contributed by atoms with E-state index in [-0.39, 0.29) is 12.1 Å². The lowest BCUT2D eigenvalue weighted by Gasteiger charge is -2.11. The summed E-state index contributed by atoms with van der Waals surface area (Å²) in [4.78, 5) is 24.4. The highest BCUT2D eigenvalue weighted by atomic mass is 16.2. The van der Waals surface area contributed by atoms with Gasteiger partial charge in [-0.05, 0) is 50.6 Å². The Labute approximate surface area is 144 Å². The summed E-state index contributed by atoms with van der Waals surface area (Å²) in [6, 6.07) is 8.00. The molecule has 1 aromatic carbocycles. The Morgan fingerprint density at radius 3 is 1.92 bits per heavy atom. The minimum Gasteiger partial charge on any atom is -0.306 e. The highest BCUT2D eigenvalue weighted by molar-refractivity contribution is 5.94. The van der Waals surface area contributed by atoms with Gasteiger partial charge in [0.15, 0.2) is 0 Å². The minimum absolute atomic E-state index is 0.373. The zero-order valence-corrected chi connectivity index (χ0v) is 14.1. The topological polar surface area (TPSA) is 93.8 Å². The summed E-state index contributed by atoms with van der Waals surface area (Å²) in [6.45, 7) is 5.48. The molecule has 0 aliphatic rings. The zero-order chi connectivity index (χ0) is 18.0. The van der Waals surface area contributed by atoms with Crippen LogP contribution in [0.15, 0.2) is 42.7 Å². The van der Waals surface area contributed by atoms with Crippen molar-refractivity contribution >= 4 is 23.4 Å². The fourth-order valence-corrected chi connectivity index (χ4v) is 2.24. The second-order valence-corrected chi connectivity index (χ2v) is 5.69. The van der Waals surface area contributed by atoms with Gasteiger partial charge in [-0.25, -0.2) is 9.59 Å². The van der Waals surface area contributed by atoms with Gasteiger partial charge >= 0.3 is 12.1 Å². The van der Waals surface area contributed by atoms with Crippen LogP contribution >= 0.6 is 0 Å². The van der Waals surface area contributed by atoms with E-state index in [1.165, 1.54) is 9.36 Å². The van der Waals surface area contributed by atoms with Crippen molar-refractivity contribution in [1.82, 2.24) is 19.6 Å². The van der Waals surface area contributed by atoms with Crippen LogP contribution in [0, 0.1) is 20.8 Å². The summed E-state index contributed by atoms with van der Waals surface area (Å²) in [5.41, 5.74) is 3.51. The molecule has 0 radical (unpaired) electrons. The van der Waals surface area contributed by atoms with E-state index < -0.39 is 0 Å². The summed E-state index contributed by atoms with van der Waals surface area (Å²) in [6.07, 6.45) is 3.17. The number of carbonyl (C=O) groups is 2. The lowest BCUT2D eigenvalue weighted by Crippen LogP contribution is -2.22. The molecule has 2 aromatic heterocycles. The molecule has 2 N–H and O–H groups in total. The molecular formula is C17H18N6O2. The summed E-state index contributed by atoms with van der Waals surface area (Å²) in [5.74, 6) is 0. The number of anilines is 2. The number of benzene rings is 1. The predicted molar refractivity (Wildman–Crippen MR) is 93.9 cm³/mol. The molecule has 8 nitrogen and oxygen atoms in total. The lowest BCUT2D eigenvalue weighted by molar-refractivity contribution is 0.250. The van der Waals surface area contributed by atoms with E-state index in [0.29, 0.717) is 11.4 Å². The number of nitrogens with one attached hydrogen (secondary N) is 2. The van der Waals surface area contributed by atoms with Gasteiger partial charge in [-0.3, -0.25) is 0 Å². The average molecular weight is 338 g/mol. The normalized spacial score (nSPS) is 10.5. The molecule has 25 heavy (non-hydrogen) atoms. The zero-order valence-electron chi connectivity index (χ0n) is 14.1. The van der Waals surface area contributed by atoms with Crippen molar-refractivity contribution in [2.75, 3.05) is 10.6 Å². The van der Waals surface area contributed by atoms with E-state index in [0.717, 1.165) is 17.0 Å². The van der Waals surface area contributed by atoms with Gasteiger partial charge in [0.2, 0.25) is 0 Å². The maximum absolute atomic E-state index is 12.2. The molecule has 3 aromatic rings. The second-order valence-electron chi connectivity index (χ2n) is 5.69. The molecule has 0 spiro atoms. The molecule has 2 amide bonds. The van der Waals surface area contributed by atoms with Crippen molar-refractivity contribution in [3.63, 3.8) is 0 Å². The van der Waals surface area contributed by atoms with E-state index in [9.17, 15) is 9.59 Å². The van der Waals surface area contributed by atoms with E-state index >= 15 is 0 Å². The van der Waals surface area contributed by atoms with Gasteiger partial charge < -0.3 is 10.6 Å². The highest BCUT2D eigenvalue weighted by Crippen LogP contribution is 2.20. The molecule has 0 atom stereocenters. The first-order valence-corrected chi connectivity index (χ1v) is 7.70. The van der Waals surface area contributed by atoms with Crippen molar-refractivity contribution in [2.24, 2.45) is 0 Å². The number of rotatable bonds is 2. The molecule has 0 saturated heterocycles. The molecule has 0 fully saturated rings. The summed E-state index contributed by atoms with van der Waals surface area (Å²) >= 11 is 0. The summed E-state index contributed by atoms with van der Waals surface area (Å²) in [5, 5.41) is 13.7. The Kier molecular flexibility index (Phi) is 4.34. The van der Waals surface area contributed by atoms with Crippen molar-refractivity contribution in [2.45, 2.75) is 20.8 Å². The fourth-order valence-electron chi connectivity index (χ4n) is 2.24. The molecule has 2 heterocycles. The smallest absolute Gasteiger partial charge is 0.306 e. The van der Waals surface area contributed by atoms with Gasteiger partial charge in [0.1, 0.15) is 0 Å². The molecule has 0 saturated carbocycles. The van der Waals surface area contributed by atoms with Crippen LogP contribution in [0.25, 0.3) is 0 Å². The van der Waals surface area contributed by atoms with Gasteiger partial charge in [0.05, 0.1) is 11.4 Å². The quantitative estimate of drug-likeness (QED) is 0.750. The predicted octanol–water partition coefficient (Wildman–Crippen LogP) is 3.17. The van der Waals surface area contributed by atoms with Crippen molar-refractivity contribution < 1.29 is 9.59 Å². The standard InChI is InChI=1S/C17H18N6O2/c1-11-4-5-14(18-16(24)22-8-6-12(2)20-22)10-15(11)19-17(25)23-9-7-13(3)21-23/h4-10H,1-3H3,(H,18,24)(H,19,25). The van der Waals surface area contributed by atoms with E-state index in [1.807, 2.05) is 19.9 Å². The first kappa shape index (κ1) is 16.4. The van der Waals surface area contributed by atoms with Crippen LogP contribution < -0.4 is 10.6 Å². The molecule has 128 valence electrons. The third-order valence-corrected chi connectivity index (χ3v) is 3.59. The van der Waals surface area contributed by atoms with Gasteiger partial charge in [0, 0.05) is 23.8 Å². The molecular weight excluding hydrogens is 320 g/mol. The summed E-state index contributed by atoms with van der Waals surface area (Å²) in [7, 11) is 0. The van der Waals surface area contributed by atoms with Crippen LogP contribution in [-0.2, 0) is 0 Å². The number of nitrogens with zero attached hydrogens (tertiary/aromatic N) is 4. The molecule has 8 heteroatoms. The number of aromatic nitrogens is 4. The Bertz CT molecular complexity index is 940. The van der Waals surface area contributed by atoms with Crippen LogP contribution in [0.3, 0.4) is 0 Å². The number of hydrogen-bond acceptors (Lipinski definition) is 4. The highest BCUT2D eigenvalue weighted by Gasteiger charge is 2.11. The largest absolute Gasteiger partial charge is 0.346 e. The maximum Gasteiger partial charge on any atom is 0.346 e. The maximum atomic E-state index is 12.2. The van der Waals surface area contributed by atoms with Crippen LogP contribution in [0.1, 0.15) is 17.0 Å². The minimum atomic E-state index is -0.378. The Morgan fingerprint density at radius 1 is 0.840 bits per heavy atom. The SMILES string of the molecule is Cc1ccn(C(=O)Nc2ccc(C)c(NC(=O)n3ccc(C)n3)c2)n1. The van der Waals surface area contributed by atoms with Crippen molar-refractivity contribution in [1.29, 1.82) is 0 Å². The molecule has 0 bridgehead atoms. The Balaban J connectivity index is 1.76. The van der Waals surface area contributed by atoms with Crippen LogP contribution in [-0.4, -0.2) is 31.6 Å². The van der Waals surface area contributed by atoms with Gasteiger partial charge in [0.25, 0.3) is 0 Å². The van der Waals surface area contributed by atoms with Crippen molar-refractivity contribution in [3.8, 4) is 0 Å². The first-order chi connectivity index (χ1) is 11.9. The molecule has 0 unspecified atom stereocenters.